The third-order valence-electron chi connectivity index (χ3n) is 5.74. The van der Waals surface area contributed by atoms with Gasteiger partial charge in [0.25, 0.3) is 10.0 Å². The van der Waals surface area contributed by atoms with E-state index in [1.807, 2.05) is 6.92 Å². The highest BCUT2D eigenvalue weighted by Gasteiger charge is 2.35. The number of allylic oxidation sites excluding steroid dienone is 2. The molecule has 1 aromatic rings. The number of aromatic nitrogens is 2. The number of piperidine rings is 1. The molecule has 1 aromatic heterocycles. The number of hydrogen-bond acceptors (Lipinski definition) is 10. The van der Waals surface area contributed by atoms with Crippen LogP contribution in [-0.2, 0) is 14.8 Å². The van der Waals surface area contributed by atoms with Crippen molar-refractivity contribution in [3.63, 3.8) is 0 Å². The Bertz CT molecular complexity index is 1130. The van der Waals surface area contributed by atoms with Gasteiger partial charge in [-0.15, -0.1) is 10.2 Å². The number of sulfonamides is 1. The molecule has 0 amide bonds. The fourth-order valence-electron chi connectivity index (χ4n) is 3.83. The van der Waals surface area contributed by atoms with E-state index in [0.29, 0.717) is 12.8 Å². The molecule has 0 atom stereocenters. The van der Waals surface area contributed by atoms with Crippen LogP contribution in [-0.4, -0.2) is 72.0 Å². The molecule has 0 radical (unpaired) electrons. The highest BCUT2D eigenvalue weighted by Crippen LogP contribution is 2.26. The zero-order valence-electron chi connectivity index (χ0n) is 22.0. The number of rotatable bonds is 13. The van der Waals surface area contributed by atoms with E-state index in [0.717, 1.165) is 55.7 Å². The van der Waals surface area contributed by atoms with Gasteiger partial charge in [-0.3, -0.25) is 5.43 Å². The summed E-state index contributed by atoms with van der Waals surface area (Å²) < 4.78 is 71.9. The van der Waals surface area contributed by atoms with Gasteiger partial charge in [-0.25, -0.2) is 13.2 Å². The second-order valence-electron chi connectivity index (χ2n) is 8.79. The van der Waals surface area contributed by atoms with Crippen molar-refractivity contribution in [2.45, 2.75) is 84.9 Å². The zero-order valence-corrected chi connectivity index (χ0v) is 23.7. The molecule has 1 aliphatic heterocycles. The van der Waals surface area contributed by atoms with E-state index in [9.17, 15) is 26.4 Å². The van der Waals surface area contributed by atoms with Crippen LogP contribution < -0.4 is 5.43 Å². The molecular weight excluding hydrogens is 545 g/mol. The number of carbonyl (C=O) groups is 1. The van der Waals surface area contributed by atoms with Crippen molar-refractivity contribution in [1.29, 1.82) is 0 Å². The summed E-state index contributed by atoms with van der Waals surface area (Å²) in [4.78, 5) is 14.2. The minimum Gasteiger partial charge on any atom is -0.460 e. The Labute approximate surface area is 225 Å². The van der Waals surface area contributed by atoms with Gasteiger partial charge < -0.3 is 9.64 Å². The highest BCUT2D eigenvalue weighted by molar-refractivity contribution is 7.90. The molecule has 1 aliphatic rings. The minimum atomic E-state index is -4.94. The molecule has 214 valence electrons. The summed E-state index contributed by atoms with van der Waals surface area (Å²) in [6, 6.07) is 0.210. The molecule has 0 saturated carbocycles. The number of nitrogens with zero attached hydrogens (tertiary/aromatic N) is 5. The molecule has 1 N–H and O–H groups in total. The van der Waals surface area contributed by atoms with Crippen LogP contribution in [0.5, 0.6) is 0 Å². The number of unbranched alkanes of at least 4 members (excludes halogenated alkanes) is 1. The molecule has 0 bridgehead atoms. The van der Waals surface area contributed by atoms with Gasteiger partial charge in [-0.05, 0) is 51.5 Å². The van der Waals surface area contributed by atoms with Gasteiger partial charge in [-0.2, -0.15) is 22.7 Å². The van der Waals surface area contributed by atoms with Gasteiger partial charge in [-0.1, -0.05) is 38.5 Å². The van der Waals surface area contributed by atoms with Crippen LogP contribution in [0.1, 0.15) is 82.4 Å². The maximum atomic E-state index is 12.9. The lowest BCUT2D eigenvalue weighted by Crippen LogP contribution is -2.37. The molecule has 2 rings (SSSR count). The van der Waals surface area contributed by atoms with Gasteiger partial charge in [0.15, 0.2) is 5.75 Å². The van der Waals surface area contributed by atoms with Gasteiger partial charge in [0.05, 0.1) is 12.3 Å². The summed E-state index contributed by atoms with van der Waals surface area (Å²) in [5.74, 6) is -2.71. The second-order valence-corrected chi connectivity index (χ2v) is 11.4. The number of carbonyl (C=O) groups excluding carboxylic acids is 1. The summed E-state index contributed by atoms with van der Waals surface area (Å²) >= 11 is 0.874. The first-order valence-electron chi connectivity index (χ1n) is 12.6. The Balaban J connectivity index is 2.37. The van der Waals surface area contributed by atoms with Crippen molar-refractivity contribution in [3.05, 3.63) is 16.8 Å². The average Bonchev–Trinajstić information content (AvgIpc) is 3.31. The number of hydrazone groups is 1. The normalized spacial score (nSPS) is 16.8. The SMILES string of the molecule is CCCCOC(=O)c1nnc(NN=C(C)C(/C=C2\CCCCN2C(CC)CC)=NS(=O)(=O)CC(F)(F)F)s1. The quantitative estimate of drug-likeness (QED) is 0.147. The Morgan fingerprint density at radius 3 is 2.58 bits per heavy atom. The molecular formula is C23H35F3N6O4S2. The van der Waals surface area contributed by atoms with Gasteiger partial charge in [0.1, 0.15) is 5.71 Å². The average molecular weight is 581 g/mol. The Morgan fingerprint density at radius 2 is 1.95 bits per heavy atom. The number of ether oxygens (including phenoxy) is 1. The molecule has 1 saturated heterocycles. The van der Waals surface area contributed by atoms with Crippen LogP contribution in [0.25, 0.3) is 0 Å². The summed E-state index contributed by atoms with van der Waals surface area (Å²) in [6.07, 6.45) is 2.32. The maximum Gasteiger partial charge on any atom is 0.404 e. The first kappa shape index (κ1) is 31.7. The number of likely N-dealkylation sites (tertiary alicyclic amines) is 1. The summed E-state index contributed by atoms with van der Waals surface area (Å²) in [7, 11) is -4.88. The van der Waals surface area contributed by atoms with Crippen molar-refractivity contribution >= 4 is 43.9 Å². The lowest BCUT2D eigenvalue weighted by Gasteiger charge is -2.38. The Hall–Kier alpha value is -2.55. The maximum absolute atomic E-state index is 12.9. The third-order valence-corrected chi connectivity index (χ3v) is 7.72. The third kappa shape index (κ3) is 10.3. The predicted molar refractivity (Wildman–Crippen MR) is 142 cm³/mol. The zero-order chi connectivity index (χ0) is 28.3. The van der Waals surface area contributed by atoms with Crippen molar-refractivity contribution in [1.82, 2.24) is 15.1 Å². The number of alkyl halides is 3. The second kappa shape index (κ2) is 14.6. The van der Waals surface area contributed by atoms with Crippen molar-refractivity contribution in [3.8, 4) is 0 Å². The molecule has 1 fully saturated rings. The lowest BCUT2D eigenvalue weighted by atomic mass is 10.00. The highest BCUT2D eigenvalue weighted by atomic mass is 32.2. The summed E-state index contributed by atoms with van der Waals surface area (Å²) in [6.45, 7) is 8.50. The van der Waals surface area contributed by atoms with Gasteiger partial charge in [0, 0.05) is 18.3 Å². The van der Waals surface area contributed by atoms with E-state index in [-0.39, 0.29) is 34.2 Å². The van der Waals surface area contributed by atoms with E-state index in [2.05, 4.69) is 43.9 Å². The molecule has 0 aromatic carbocycles. The van der Waals surface area contributed by atoms with Gasteiger partial charge in [0.2, 0.25) is 10.1 Å². The Morgan fingerprint density at radius 1 is 1.24 bits per heavy atom. The van der Waals surface area contributed by atoms with Crippen LogP contribution in [0.4, 0.5) is 18.3 Å². The van der Waals surface area contributed by atoms with E-state index in [1.165, 1.54) is 13.0 Å². The van der Waals surface area contributed by atoms with Crippen LogP contribution in [0.15, 0.2) is 21.3 Å². The van der Waals surface area contributed by atoms with Crippen LogP contribution >= 0.6 is 11.3 Å². The molecule has 0 aliphatic carbocycles. The standard InChI is InChI=1S/C23H35F3N6O4S2/c1-5-8-13-36-21(33)20-28-30-22(37-20)29-27-16(4)19(31-38(34,35)15-23(24,25)26)14-18-11-9-10-12-32(18)17(6-2)7-3/h14,17H,5-13,15H2,1-4H3,(H,29,30)/b18-14+,27-16?,31-19?. The molecule has 38 heavy (non-hydrogen) atoms. The monoisotopic (exact) mass is 580 g/mol. The van der Waals surface area contributed by atoms with E-state index >= 15 is 0 Å². The van der Waals surface area contributed by atoms with Crippen LogP contribution in [0.2, 0.25) is 0 Å². The minimum absolute atomic E-state index is 0.00300. The predicted octanol–water partition coefficient (Wildman–Crippen LogP) is 5.17. The molecule has 15 heteroatoms. The summed E-state index contributed by atoms with van der Waals surface area (Å²) in [5, 5.41) is 11.8. The van der Waals surface area contributed by atoms with Crippen molar-refractivity contribution in [2.24, 2.45) is 9.50 Å². The van der Waals surface area contributed by atoms with E-state index < -0.39 is 27.9 Å². The number of anilines is 1. The first-order chi connectivity index (χ1) is 17.9. The smallest absolute Gasteiger partial charge is 0.404 e. The van der Waals surface area contributed by atoms with Crippen molar-refractivity contribution < 1.29 is 31.1 Å². The topological polar surface area (TPSA) is 126 Å². The molecule has 2 heterocycles. The molecule has 0 spiro atoms. The first-order valence-corrected chi connectivity index (χ1v) is 15.0. The molecule has 0 unspecified atom stereocenters. The number of nitrogens with one attached hydrogen (secondary N) is 1. The fourth-order valence-corrected chi connectivity index (χ4v) is 5.37. The lowest BCUT2D eigenvalue weighted by molar-refractivity contribution is -0.106. The molecule has 10 nitrogen and oxygen atoms in total. The van der Waals surface area contributed by atoms with Crippen molar-refractivity contribution in [2.75, 3.05) is 24.3 Å². The number of halogens is 3. The largest absolute Gasteiger partial charge is 0.460 e. The number of hydrogen-bond donors (Lipinski definition) is 1. The van der Waals surface area contributed by atoms with E-state index in [4.69, 9.17) is 4.74 Å². The Kier molecular flexibility index (Phi) is 12.1. The van der Waals surface area contributed by atoms with Gasteiger partial charge >= 0.3 is 12.1 Å². The van der Waals surface area contributed by atoms with Crippen LogP contribution in [0.3, 0.4) is 0 Å². The fraction of sp³-hybridized carbons (Fsp3) is 0.696. The number of esters is 1. The van der Waals surface area contributed by atoms with E-state index in [1.54, 1.807) is 0 Å². The van der Waals surface area contributed by atoms with Crippen LogP contribution in [0, 0.1) is 0 Å². The summed E-state index contributed by atoms with van der Waals surface area (Å²) in [5.41, 5.74) is 3.20.